The Bertz CT molecular complexity index is 1150. The van der Waals surface area contributed by atoms with Crippen molar-refractivity contribution in [3.8, 4) is 10.7 Å². The predicted octanol–water partition coefficient (Wildman–Crippen LogP) is 4.37. The smallest absolute Gasteiger partial charge is 0.270 e. The highest BCUT2D eigenvalue weighted by atomic mass is 35.5. The Hall–Kier alpha value is -2.89. The molecule has 2 heterocycles. The number of nitro groups is 1. The molecule has 0 aliphatic heterocycles. The molecule has 2 aromatic heterocycles. The molecular formula is C16H13ClN6O3S2. The Morgan fingerprint density at radius 2 is 2.32 bits per heavy atom. The molecule has 0 fully saturated rings. The SMILES string of the molecule is C=CCn1c(-c2sc(NC(=O)c3ccc([N+](=O)[O-])cc3Cl)nc2C)n[nH]c1=S. The second kappa shape index (κ2) is 8.00. The molecule has 1 aromatic carbocycles. The molecule has 144 valence electrons. The number of hydrogen-bond donors (Lipinski definition) is 2. The van der Waals surface area contributed by atoms with Gasteiger partial charge in [-0.25, -0.2) is 4.98 Å². The average Bonchev–Trinajstić information content (AvgIpc) is 3.17. The molecule has 0 saturated heterocycles. The number of aryl methyl sites for hydroxylation is 1. The molecule has 0 aliphatic rings. The molecule has 0 spiro atoms. The molecule has 0 atom stereocenters. The third-order valence-electron chi connectivity index (χ3n) is 3.70. The minimum Gasteiger partial charge on any atom is -0.298 e. The van der Waals surface area contributed by atoms with Crippen LogP contribution in [0.1, 0.15) is 16.1 Å². The van der Waals surface area contributed by atoms with E-state index >= 15 is 0 Å². The van der Waals surface area contributed by atoms with Gasteiger partial charge in [0.15, 0.2) is 15.7 Å². The molecule has 12 heteroatoms. The minimum atomic E-state index is -0.584. The third kappa shape index (κ3) is 3.86. The highest BCUT2D eigenvalue weighted by Crippen LogP contribution is 2.32. The number of H-pyrrole nitrogens is 1. The lowest BCUT2D eigenvalue weighted by Gasteiger charge is -2.04. The lowest BCUT2D eigenvalue weighted by Crippen LogP contribution is -2.12. The lowest BCUT2D eigenvalue weighted by atomic mass is 10.2. The second-order valence-electron chi connectivity index (χ2n) is 5.56. The van der Waals surface area contributed by atoms with Crippen LogP contribution >= 0.6 is 35.2 Å². The number of nitrogens with zero attached hydrogens (tertiary/aromatic N) is 4. The molecule has 1 amide bonds. The van der Waals surface area contributed by atoms with Gasteiger partial charge < -0.3 is 0 Å². The van der Waals surface area contributed by atoms with Crippen molar-refractivity contribution in [1.82, 2.24) is 19.7 Å². The van der Waals surface area contributed by atoms with Crippen molar-refractivity contribution in [1.29, 1.82) is 0 Å². The van der Waals surface area contributed by atoms with Gasteiger partial charge in [0.25, 0.3) is 11.6 Å². The van der Waals surface area contributed by atoms with E-state index in [0.29, 0.717) is 28.0 Å². The van der Waals surface area contributed by atoms with Gasteiger partial charge in [0.05, 0.1) is 26.1 Å². The summed E-state index contributed by atoms with van der Waals surface area (Å²) < 4.78 is 2.22. The molecule has 3 aromatic rings. The number of thiazole rings is 1. The number of carbonyl (C=O) groups excluding carboxylic acids is 1. The topological polar surface area (TPSA) is 119 Å². The van der Waals surface area contributed by atoms with Crippen molar-refractivity contribution in [3.05, 3.63) is 62.0 Å². The standard InChI is InChI=1S/C16H13ClN6O3S2/c1-3-6-22-13(20-21-16(22)27)12-8(2)18-15(28-12)19-14(24)10-5-4-9(23(25)26)7-11(10)17/h3-5,7H,1,6H2,2H3,(H,21,27)(H,18,19,24). The average molecular weight is 437 g/mol. The normalized spacial score (nSPS) is 10.6. The van der Waals surface area contributed by atoms with Gasteiger partial charge in [0, 0.05) is 18.7 Å². The fourth-order valence-corrected chi connectivity index (χ4v) is 3.84. The summed E-state index contributed by atoms with van der Waals surface area (Å²) in [6.07, 6.45) is 1.70. The van der Waals surface area contributed by atoms with Gasteiger partial charge in [0.1, 0.15) is 0 Å². The highest BCUT2D eigenvalue weighted by molar-refractivity contribution is 7.71. The number of aromatic nitrogens is 4. The molecule has 0 aliphatic carbocycles. The fraction of sp³-hybridized carbons (Fsp3) is 0.125. The number of nitro benzene ring substituents is 1. The van der Waals surface area contributed by atoms with Crippen LogP contribution in [0.15, 0.2) is 30.9 Å². The number of aromatic amines is 1. The first-order chi connectivity index (χ1) is 13.3. The van der Waals surface area contributed by atoms with Gasteiger partial charge in [-0.15, -0.1) is 6.58 Å². The molecular weight excluding hydrogens is 424 g/mol. The van der Waals surface area contributed by atoms with Crippen LogP contribution in [0.5, 0.6) is 0 Å². The summed E-state index contributed by atoms with van der Waals surface area (Å²) in [6, 6.07) is 3.64. The van der Waals surface area contributed by atoms with Crippen LogP contribution in [0.3, 0.4) is 0 Å². The Morgan fingerprint density at radius 3 is 2.96 bits per heavy atom. The zero-order chi connectivity index (χ0) is 20.4. The van der Waals surface area contributed by atoms with E-state index in [9.17, 15) is 14.9 Å². The number of amides is 1. The van der Waals surface area contributed by atoms with E-state index in [0.717, 1.165) is 10.9 Å². The van der Waals surface area contributed by atoms with Crippen LogP contribution in [0, 0.1) is 21.8 Å². The maximum absolute atomic E-state index is 12.5. The maximum atomic E-state index is 12.5. The number of carbonyl (C=O) groups is 1. The predicted molar refractivity (Wildman–Crippen MR) is 110 cm³/mol. The van der Waals surface area contributed by atoms with Crippen molar-refractivity contribution in [2.45, 2.75) is 13.5 Å². The summed E-state index contributed by atoms with van der Waals surface area (Å²) in [5, 5.41) is 20.7. The molecule has 3 rings (SSSR count). The zero-order valence-corrected chi connectivity index (χ0v) is 16.8. The first-order valence-corrected chi connectivity index (χ1v) is 9.41. The summed E-state index contributed by atoms with van der Waals surface area (Å²) in [4.78, 5) is 27.8. The molecule has 0 radical (unpaired) electrons. The van der Waals surface area contributed by atoms with Crippen LogP contribution in [0.2, 0.25) is 5.02 Å². The Kier molecular flexibility index (Phi) is 5.68. The Morgan fingerprint density at radius 1 is 1.57 bits per heavy atom. The lowest BCUT2D eigenvalue weighted by molar-refractivity contribution is -0.384. The molecule has 28 heavy (non-hydrogen) atoms. The van der Waals surface area contributed by atoms with E-state index in [4.69, 9.17) is 23.8 Å². The van der Waals surface area contributed by atoms with E-state index in [1.807, 2.05) is 0 Å². The largest absolute Gasteiger partial charge is 0.298 e. The first-order valence-electron chi connectivity index (χ1n) is 7.81. The van der Waals surface area contributed by atoms with Crippen molar-refractivity contribution in [2.75, 3.05) is 5.32 Å². The van der Waals surface area contributed by atoms with Gasteiger partial charge in [-0.05, 0) is 25.2 Å². The molecule has 2 N–H and O–H groups in total. The van der Waals surface area contributed by atoms with Crippen molar-refractivity contribution < 1.29 is 9.72 Å². The van der Waals surface area contributed by atoms with Gasteiger partial charge in [0.2, 0.25) is 0 Å². The van der Waals surface area contributed by atoms with Crippen LogP contribution < -0.4 is 5.32 Å². The van der Waals surface area contributed by atoms with Crippen LogP contribution in [0.4, 0.5) is 10.8 Å². The van der Waals surface area contributed by atoms with Gasteiger partial charge >= 0.3 is 0 Å². The summed E-state index contributed by atoms with van der Waals surface area (Å²) >= 11 is 12.4. The highest BCUT2D eigenvalue weighted by Gasteiger charge is 2.19. The number of anilines is 1. The van der Waals surface area contributed by atoms with Gasteiger partial charge in [-0.2, -0.15) is 5.10 Å². The van der Waals surface area contributed by atoms with E-state index < -0.39 is 10.8 Å². The van der Waals surface area contributed by atoms with Crippen LogP contribution in [-0.4, -0.2) is 30.6 Å². The number of non-ortho nitro benzene ring substituents is 1. The van der Waals surface area contributed by atoms with Crippen molar-refractivity contribution in [3.63, 3.8) is 0 Å². The summed E-state index contributed by atoms with van der Waals surface area (Å²) in [6.45, 7) is 5.97. The van der Waals surface area contributed by atoms with Gasteiger partial charge in [-0.3, -0.25) is 29.9 Å². The van der Waals surface area contributed by atoms with E-state index in [-0.39, 0.29) is 16.3 Å². The van der Waals surface area contributed by atoms with Crippen molar-refractivity contribution >= 4 is 51.9 Å². The Labute approximate surface area is 172 Å². The minimum absolute atomic E-state index is 0.0212. The zero-order valence-electron chi connectivity index (χ0n) is 14.4. The molecule has 9 nitrogen and oxygen atoms in total. The van der Waals surface area contributed by atoms with Gasteiger partial charge in [-0.1, -0.05) is 29.0 Å². The maximum Gasteiger partial charge on any atom is 0.270 e. The van der Waals surface area contributed by atoms with E-state index in [1.165, 1.54) is 23.5 Å². The number of nitrogens with one attached hydrogen (secondary N) is 2. The number of halogens is 1. The number of benzene rings is 1. The summed E-state index contributed by atoms with van der Waals surface area (Å²) in [5.74, 6) is 0.0684. The second-order valence-corrected chi connectivity index (χ2v) is 7.35. The monoisotopic (exact) mass is 436 g/mol. The van der Waals surface area contributed by atoms with Crippen LogP contribution in [-0.2, 0) is 6.54 Å². The van der Waals surface area contributed by atoms with E-state index in [1.54, 1.807) is 17.6 Å². The summed E-state index contributed by atoms with van der Waals surface area (Å²) in [5.41, 5.74) is 0.573. The molecule has 0 saturated carbocycles. The third-order valence-corrected chi connectivity index (χ3v) is 5.39. The number of hydrogen-bond acceptors (Lipinski definition) is 7. The number of rotatable bonds is 6. The number of allylic oxidation sites excluding steroid dienone is 1. The first kappa shape index (κ1) is 19.9. The van der Waals surface area contributed by atoms with Crippen molar-refractivity contribution in [2.24, 2.45) is 0 Å². The molecule has 0 bridgehead atoms. The fourth-order valence-electron chi connectivity index (χ4n) is 2.41. The molecule has 0 unspecified atom stereocenters. The van der Waals surface area contributed by atoms with E-state index in [2.05, 4.69) is 27.1 Å². The Balaban J connectivity index is 1.88. The van der Waals surface area contributed by atoms with Crippen LogP contribution in [0.25, 0.3) is 10.7 Å². The quantitative estimate of drug-likeness (QED) is 0.256. The summed E-state index contributed by atoms with van der Waals surface area (Å²) in [7, 11) is 0.